The van der Waals surface area contributed by atoms with E-state index in [1.165, 1.54) is 0 Å². The summed E-state index contributed by atoms with van der Waals surface area (Å²) in [6.45, 7) is 1.98. The molecule has 0 saturated carbocycles. The number of rotatable bonds is 3. The van der Waals surface area contributed by atoms with Crippen molar-refractivity contribution in [2.24, 2.45) is 0 Å². The summed E-state index contributed by atoms with van der Waals surface area (Å²) in [5.74, 6) is -0.955. The molecule has 0 saturated heterocycles. The summed E-state index contributed by atoms with van der Waals surface area (Å²) in [7, 11) is 0. The van der Waals surface area contributed by atoms with Crippen molar-refractivity contribution in [3.05, 3.63) is 35.5 Å². The first-order chi connectivity index (χ1) is 7.66. The van der Waals surface area contributed by atoms with E-state index >= 15 is 0 Å². The molecule has 5 heteroatoms. The highest BCUT2D eigenvalue weighted by molar-refractivity contribution is 5.73. The lowest BCUT2D eigenvalue weighted by molar-refractivity contribution is -0.136. The van der Waals surface area contributed by atoms with Crippen LogP contribution in [0.1, 0.15) is 11.3 Å². The summed E-state index contributed by atoms with van der Waals surface area (Å²) in [6, 6.07) is 7.57. The van der Waals surface area contributed by atoms with Crippen molar-refractivity contribution < 1.29 is 14.5 Å². The van der Waals surface area contributed by atoms with Crippen LogP contribution in [0.3, 0.4) is 0 Å². The van der Waals surface area contributed by atoms with E-state index in [0.717, 1.165) is 11.1 Å². The Bertz CT molecular complexity index is 502. The van der Waals surface area contributed by atoms with Gasteiger partial charge in [0, 0.05) is 5.56 Å². The fourth-order valence-corrected chi connectivity index (χ4v) is 1.40. The first-order valence-corrected chi connectivity index (χ1v) is 4.77. The van der Waals surface area contributed by atoms with Gasteiger partial charge in [-0.1, -0.05) is 35.0 Å². The van der Waals surface area contributed by atoms with Gasteiger partial charge < -0.3 is 5.11 Å². The number of carboxylic acids is 1. The van der Waals surface area contributed by atoms with Gasteiger partial charge in [0.2, 0.25) is 0 Å². The Morgan fingerprint density at radius 2 is 2.00 bits per heavy atom. The highest BCUT2D eigenvalue weighted by Gasteiger charge is 2.14. The Kier molecular flexibility index (Phi) is 2.68. The Morgan fingerprint density at radius 3 is 2.62 bits per heavy atom. The first kappa shape index (κ1) is 10.4. The maximum atomic E-state index is 10.6. The number of carbonyl (C=O) groups is 1. The van der Waals surface area contributed by atoms with Crippen molar-refractivity contribution in [3.8, 4) is 11.3 Å². The molecule has 1 heterocycles. The summed E-state index contributed by atoms with van der Waals surface area (Å²) in [5, 5.41) is 16.0. The lowest BCUT2D eigenvalue weighted by atomic mass is 10.1. The van der Waals surface area contributed by atoms with Gasteiger partial charge in [0.15, 0.2) is 0 Å². The van der Waals surface area contributed by atoms with Crippen LogP contribution >= 0.6 is 0 Å². The molecule has 0 atom stereocenters. The topological polar surface area (TPSA) is 76.2 Å². The minimum absolute atomic E-state index is 0.188. The van der Waals surface area contributed by atoms with Gasteiger partial charge in [0.05, 0.1) is 6.42 Å². The Hall–Kier alpha value is -2.17. The molecule has 1 aromatic carbocycles. The Morgan fingerprint density at radius 1 is 1.31 bits per heavy atom. The normalized spacial score (nSPS) is 10.3. The molecule has 2 aromatic rings. The molecule has 0 fully saturated rings. The predicted molar refractivity (Wildman–Crippen MR) is 55.8 cm³/mol. The molecule has 0 aliphatic carbocycles. The van der Waals surface area contributed by atoms with Crippen LogP contribution in [0, 0.1) is 6.92 Å². The Balaban J connectivity index is 2.36. The van der Waals surface area contributed by atoms with Crippen molar-refractivity contribution in [3.63, 3.8) is 0 Å². The van der Waals surface area contributed by atoms with Crippen LogP contribution in [0.25, 0.3) is 11.3 Å². The maximum Gasteiger partial charge on any atom is 0.309 e. The molecule has 2 rings (SSSR count). The van der Waals surface area contributed by atoms with E-state index in [0.29, 0.717) is 11.4 Å². The zero-order valence-corrected chi connectivity index (χ0v) is 8.67. The van der Waals surface area contributed by atoms with Gasteiger partial charge in [-0.2, -0.15) is 0 Å². The third-order valence-electron chi connectivity index (χ3n) is 2.20. The summed E-state index contributed by atoms with van der Waals surface area (Å²) in [5.41, 5.74) is 2.77. The number of hydrogen-bond acceptors (Lipinski definition) is 4. The van der Waals surface area contributed by atoms with Crippen LogP contribution in [-0.4, -0.2) is 21.4 Å². The summed E-state index contributed by atoms with van der Waals surface area (Å²) in [4.78, 5) is 10.6. The van der Waals surface area contributed by atoms with Crippen LogP contribution in [0.5, 0.6) is 0 Å². The standard InChI is InChI=1S/C11H10N2O3/c1-7-2-4-8(5-3-7)11-9(6-10(14)15)12-16-13-11/h2-5H,6H2,1H3,(H,14,15). The molecule has 5 nitrogen and oxygen atoms in total. The number of benzene rings is 1. The van der Waals surface area contributed by atoms with E-state index in [-0.39, 0.29) is 6.42 Å². The van der Waals surface area contributed by atoms with Crippen LogP contribution in [0.4, 0.5) is 0 Å². The molecule has 0 amide bonds. The quantitative estimate of drug-likeness (QED) is 0.847. The zero-order valence-electron chi connectivity index (χ0n) is 8.67. The Labute approximate surface area is 91.7 Å². The molecule has 16 heavy (non-hydrogen) atoms. The zero-order chi connectivity index (χ0) is 11.5. The van der Waals surface area contributed by atoms with Crippen LogP contribution < -0.4 is 0 Å². The molecule has 0 bridgehead atoms. The van der Waals surface area contributed by atoms with E-state index < -0.39 is 5.97 Å². The molecular weight excluding hydrogens is 208 g/mol. The highest BCUT2D eigenvalue weighted by atomic mass is 16.6. The second-order valence-corrected chi connectivity index (χ2v) is 3.50. The third kappa shape index (κ3) is 2.08. The number of aliphatic carboxylic acids is 1. The molecule has 0 aliphatic heterocycles. The second-order valence-electron chi connectivity index (χ2n) is 3.50. The van der Waals surface area contributed by atoms with E-state index in [1.807, 2.05) is 31.2 Å². The largest absolute Gasteiger partial charge is 0.481 e. The maximum absolute atomic E-state index is 10.6. The molecule has 1 aromatic heterocycles. The highest BCUT2D eigenvalue weighted by Crippen LogP contribution is 2.20. The van der Waals surface area contributed by atoms with Crippen molar-refractivity contribution in [1.82, 2.24) is 10.3 Å². The number of nitrogens with zero attached hydrogens (tertiary/aromatic N) is 2. The van der Waals surface area contributed by atoms with Gasteiger partial charge in [0.1, 0.15) is 11.4 Å². The second kappa shape index (κ2) is 4.14. The SMILES string of the molecule is Cc1ccc(-c2nonc2CC(=O)O)cc1. The van der Waals surface area contributed by atoms with Gasteiger partial charge >= 0.3 is 5.97 Å². The average Bonchev–Trinajstić information content (AvgIpc) is 2.66. The fourth-order valence-electron chi connectivity index (χ4n) is 1.40. The molecule has 0 spiro atoms. The minimum Gasteiger partial charge on any atom is -0.481 e. The molecular formula is C11H10N2O3. The average molecular weight is 218 g/mol. The van der Waals surface area contributed by atoms with Gasteiger partial charge in [-0.05, 0) is 12.1 Å². The molecule has 0 aliphatic rings. The van der Waals surface area contributed by atoms with E-state index in [1.54, 1.807) is 0 Å². The van der Waals surface area contributed by atoms with Crippen molar-refractivity contribution in [2.75, 3.05) is 0 Å². The van der Waals surface area contributed by atoms with E-state index in [2.05, 4.69) is 14.9 Å². The monoisotopic (exact) mass is 218 g/mol. The minimum atomic E-state index is -0.955. The van der Waals surface area contributed by atoms with Gasteiger partial charge in [-0.3, -0.25) is 4.79 Å². The third-order valence-corrected chi connectivity index (χ3v) is 2.20. The molecule has 0 unspecified atom stereocenters. The van der Waals surface area contributed by atoms with E-state index in [9.17, 15) is 4.79 Å². The fraction of sp³-hybridized carbons (Fsp3) is 0.182. The summed E-state index contributed by atoms with van der Waals surface area (Å²) >= 11 is 0. The van der Waals surface area contributed by atoms with Crippen molar-refractivity contribution in [1.29, 1.82) is 0 Å². The van der Waals surface area contributed by atoms with Crippen LogP contribution in [0.2, 0.25) is 0 Å². The molecule has 0 radical (unpaired) electrons. The van der Waals surface area contributed by atoms with Crippen LogP contribution in [0.15, 0.2) is 28.9 Å². The molecule has 1 N–H and O–H groups in total. The number of aromatic nitrogens is 2. The summed E-state index contributed by atoms with van der Waals surface area (Å²) in [6.07, 6.45) is -0.188. The first-order valence-electron chi connectivity index (χ1n) is 4.77. The number of hydrogen-bond donors (Lipinski definition) is 1. The number of aryl methyl sites for hydroxylation is 1. The van der Waals surface area contributed by atoms with Crippen molar-refractivity contribution >= 4 is 5.97 Å². The number of carboxylic acid groups (broad SMARTS) is 1. The lowest BCUT2D eigenvalue weighted by Crippen LogP contribution is -2.01. The smallest absolute Gasteiger partial charge is 0.309 e. The molecule has 82 valence electrons. The van der Waals surface area contributed by atoms with Gasteiger partial charge in [0.25, 0.3) is 0 Å². The van der Waals surface area contributed by atoms with Gasteiger partial charge in [-0.25, -0.2) is 4.63 Å². The van der Waals surface area contributed by atoms with Crippen molar-refractivity contribution in [2.45, 2.75) is 13.3 Å². The van der Waals surface area contributed by atoms with Crippen LogP contribution in [-0.2, 0) is 11.2 Å². The van der Waals surface area contributed by atoms with Gasteiger partial charge in [-0.15, -0.1) is 0 Å². The van der Waals surface area contributed by atoms with E-state index in [4.69, 9.17) is 5.11 Å². The predicted octanol–water partition coefficient (Wildman–Crippen LogP) is 1.67. The lowest BCUT2D eigenvalue weighted by Gasteiger charge is -1.98. The summed E-state index contributed by atoms with van der Waals surface area (Å²) < 4.78 is 4.57.